The van der Waals surface area contributed by atoms with Gasteiger partial charge in [-0.05, 0) is 26.0 Å². The highest BCUT2D eigenvalue weighted by molar-refractivity contribution is 5.86. The summed E-state index contributed by atoms with van der Waals surface area (Å²) in [5.41, 5.74) is 1.59. The Labute approximate surface area is 108 Å². The summed E-state index contributed by atoms with van der Waals surface area (Å²) >= 11 is 0. The van der Waals surface area contributed by atoms with Gasteiger partial charge in [0.2, 0.25) is 0 Å². The Morgan fingerprint density at radius 1 is 1.37 bits per heavy atom. The van der Waals surface area contributed by atoms with Crippen molar-refractivity contribution in [2.45, 2.75) is 13.8 Å². The van der Waals surface area contributed by atoms with Gasteiger partial charge in [-0.1, -0.05) is 0 Å². The number of nitro groups is 1. The molecule has 0 fully saturated rings. The van der Waals surface area contributed by atoms with Crippen LogP contribution < -0.4 is 0 Å². The normalized spacial score (nSPS) is 10.4. The summed E-state index contributed by atoms with van der Waals surface area (Å²) in [5, 5.41) is 23.6. The molecular formula is C12H11N3O4. The van der Waals surface area contributed by atoms with Crippen LogP contribution in [-0.4, -0.2) is 25.8 Å². The standard InChI is InChI=1S/C12H11N3O4/c1-7-5-9(3-4-10(7)15(18)19)14-6-8(2)11(13-14)12(16)17/h3-6H,1-2H3,(H,16,17). The Balaban J connectivity index is 2.48. The minimum absolute atomic E-state index is 0.0195. The van der Waals surface area contributed by atoms with Crippen LogP contribution in [0.2, 0.25) is 0 Å². The Bertz CT molecular complexity index is 676. The van der Waals surface area contributed by atoms with Crippen molar-refractivity contribution in [2.24, 2.45) is 0 Å². The number of carbonyl (C=O) groups is 1. The molecule has 19 heavy (non-hydrogen) atoms. The third-order valence-electron chi connectivity index (χ3n) is 2.74. The van der Waals surface area contributed by atoms with Gasteiger partial charge in [-0.3, -0.25) is 10.1 Å². The van der Waals surface area contributed by atoms with Crippen molar-refractivity contribution in [2.75, 3.05) is 0 Å². The van der Waals surface area contributed by atoms with Gasteiger partial charge in [-0.2, -0.15) is 5.10 Å². The van der Waals surface area contributed by atoms with Gasteiger partial charge >= 0.3 is 5.97 Å². The Kier molecular flexibility index (Phi) is 3.04. The molecule has 0 aliphatic carbocycles. The third kappa shape index (κ3) is 2.30. The average molecular weight is 261 g/mol. The fraction of sp³-hybridized carbons (Fsp3) is 0.167. The van der Waals surface area contributed by atoms with Crippen molar-refractivity contribution in [1.82, 2.24) is 9.78 Å². The van der Waals surface area contributed by atoms with Gasteiger partial charge in [0.05, 0.1) is 10.6 Å². The fourth-order valence-corrected chi connectivity index (χ4v) is 1.79. The summed E-state index contributed by atoms with van der Waals surface area (Å²) in [5.74, 6) is -1.10. The van der Waals surface area contributed by atoms with Crippen LogP contribution in [0.3, 0.4) is 0 Å². The molecule has 1 N–H and O–H groups in total. The fourth-order valence-electron chi connectivity index (χ4n) is 1.79. The van der Waals surface area contributed by atoms with E-state index >= 15 is 0 Å². The maximum atomic E-state index is 10.9. The zero-order valence-corrected chi connectivity index (χ0v) is 10.3. The summed E-state index contributed by atoms with van der Waals surface area (Å²) < 4.78 is 1.40. The number of hydrogen-bond acceptors (Lipinski definition) is 4. The predicted octanol–water partition coefficient (Wildman–Crippen LogP) is 2.10. The molecule has 0 amide bonds. The molecule has 7 heteroatoms. The monoisotopic (exact) mass is 261 g/mol. The van der Waals surface area contributed by atoms with Crippen molar-refractivity contribution in [3.63, 3.8) is 0 Å². The number of aromatic nitrogens is 2. The minimum Gasteiger partial charge on any atom is -0.476 e. The highest BCUT2D eigenvalue weighted by Gasteiger charge is 2.15. The zero-order valence-electron chi connectivity index (χ0n) is 10.3. The molecular weight excluding hydrogens is 250 g/mol. The van der Waals surface area contributed by atoms with E-state index in [9.17, 15) is 14.9 Å². The number of carboxylic acid groups (broad SMARTS) is 1. The number of nitro benzene ring substituents is 1. The molecule has 1 heterocycles. The summed E-state index contributed by atoms with van der Waals surface area (Å²) in [6.45, 7) is 3.27. The average Bonchev–Trinajstić information content (AvgIpc) is 2.70. The van der Waals surface area contributed by atoms with E-state index in [2.05, 4.69) is 5.10 Å². The van der Waals surface area contributed by atoms with Crippen LogP contribution >= 0.6 is 0 Å². The molecule has 1 aromatic carbocycles. The van der Waals surface area contributed by atoms with Crippen molar-refractivity contribution < 1.29 is 14.8 Å². The number of hydrogen-bond donors (Lipinski definition) is 1. The lowest BCUT2D eigenvalue weighted by atomic mass is 10.2. The highest BCUT2D eigenvalue weighted by atomic mass is 16.6. The van der Waals surface area contributed by atoms with E-state index in [-0.39, 0.29) is 11.4 Å². The molecule has 0 unspecified atom stereocenters. The van der Waals surface area contributed by atoms with Crippen LogP contribution in [0.4, 0.5) is 5.69 Å². The lowest BCUT2D eigenvalue weighted by Gasteiger charge is -2.03. The van der Waals surface area contributed by atoms with Crippen LogP contribution in [0.5, 0.6) is 0 Å². The van der Waals surface area contributed by atoms with Gasteiger partial charge in [-0.25, -0.2) is 9.48 Å². The van der Waals surface area contributed by atoms with Crippen molar-refractivity contribution in [1.29, 1.82) is 0 Å². The number of aryl methyl sites for hydroxylation is 2. The Morgan fingerprint density at radius 2 is 2.05 bits per heavy atom. The van der Waals surface area contributed by atoms with Crippen LogP contribution in [0.15, 0.2) is 24.4 Å². The van der Waals surface area contributed by atoms with Gasteiger partial charge in [0.25, 0.3) is 5.69 Å². The molecule has 98 valence electrons. The highest BCUT2D eigenvalue weighted by Crippen LogP contribution is 2.21. The summed E-state index contributed by atoms with van der Waals surface area (Å²) in [7, 11) is 0. The smallest absolute Gasteiger partial charge is 0.356 e. The summed E-state index contributed by atoms with van der Waals surface area (Å²) in [6, 6.07) is 4.50. The molecule has 0 saturated carbocycles. The first-order chi connectivity index (χ1) is 8.90. The van der Waals surface area contributed by atoms with E-state index in [1.54, 1.807) is 26.1 Å². The number of rotatable bonds is 3. The minimum atomic E-state index is -1.10. The maximum Gasteiger partial charge on any atom is 0.356 e. The second kappa shape index (κ2) is 4.52. The van der Waals surface area contributed by atoms with Crippen LogP contribution in [-0.2, 0) is 0 Å². The predicted molar refractivity (Wildman–Crippen MR) is 66.7 cm³/mol. The quantitative estimate of drug-likeness (QED) is 0.673. The third-order valence-corrected chi connectivity index (χ3v) is 2.74. The van der Waals surface area contributed by atoms with Gasteiger partial charge in [0.15, 0.2) is 5.69 Å². The Hall–Kier alpha value is -2.70. The lowest BCUT2D eigenvalue weighted by molar-refractivity contribution is -0.385. The molecule has 2 aromatic rings. The Morgan fingerprint density at radius 3 is 2.53 bits per heavy atom. The van der Waals surface area contributed by atoms with E-state index < -0.39 is 10.9 Å². The molecule has 0 aliphatic rings. The van der Waals surface area contributed by atoms with Gasteiger partial charge < -0.3 is 5.11 Å². The maximum absolute atomic E-state index is 10.9. The SMILES string of the molecule is Cc1cc(-n2cc(C)c(C(=O)O)n2)ccc1[N+](=O)[O-]. The topological polar surface area (TPSA) is 98.3 Å². The number of nitrogens with zero attached hydrogens (tertiary/aromatic N) is 3. The van der Waals surface area contributed by atoms with Gasteiger partial charge in [0, 0.05) is 23.4 Å². The van der Waals surface area contributed by atoms with Crippen molar-refractivity contribution >= 4 is 11.7 Å². The lowest BCUT2D eigenvalue weighted by Crippen LogP contribution is -2.02. The molecule has 0 bridgehead atoms. The van der Waals surface area contributed by atoms with E-state index in [1.165, 1.54) is 16.8 Å². The van der Waals surface area contributed by atoms with Gasteiger partial charge in [0.1, 0.15) is 0 Å². The number of aromatic carboxylic acids is 1. The van der Waals surface area contributed by atoms with Crippen molar-refractivity contribution in [3.05, 3.63) is 51.3 Å². The van der Waals surface area contributed by atoms with Gasteiger partial charge in [-0.15, -0.1) is 0 Å². The summed E-state index contributed by atoms with van der Waals surface area (Å²) in [6.07, 6.45) is 1.57. The zero-order chi connectivity index (χ0) is 14.2. The van der Waals surface area contributed by atoms with Crippen LogP contribution in [0.25, 0.3) is 5.69 Å². The first-order valence-corrected chi connectivity index (χ1v) is 5.45. The van der Waals surface area contributed by atoms with Crippen LogP contribution in [0, 0.1) is 24.0 Å². The second-order valence-electron chi connectivity index (χ2n) is 4.14. The first kappa shape index (κ1) is 12.7. The van der Waals surface area contributed by atoms with E-state index in [4.69, 9.17) is 5.11 Å². The van der Waals surface area contributed by atoms with E-state index in [1.807, 2.05) is 0 Å². The summed E-state index contributed by atoms with van der Waals surface area (Å²) in [4.78, 5) is 21.2. The molecule has 0 spiro atoms. The molecule has 0 aliphatic heterocycles. The van der Waals surface area contributed by atoms with E-state index in [0.29, 0.717) is 16.8 Å². The number of benzene rings is 1. The van der Waals surface area contributed by atoms with Crippen LogP contribution in [0.1, 0.15) is 21.6 Å². The van der Waals surface area contributed by atoms with Crippen molar-refractivity contribution in [3.8, 4) is 5.69 Å². The largest absolute Gasteiger partial charge is 0.476 e. The number of carboxylic acids is 1. The first-order valence-electron chi connectivity index (χ1n) is 5.45. The molecule has 0 saturated heterocycles. The molecule has 2 rings (SSSR count). The molecule has 0 radical (unpaired) electrons. The van der Waals surface area contributed by atoms with E-state index in [0.717, 1.165) is 0 Å². The molecule has 0 atom stereocenters. The molecule has 1 aromatic heterocycles. The molecule has 7 nitrogen and oxygen atoms in total. The second-order valence-corrected chi connectivity index (χ2v) is 4.14.